The number of nitrogens with one attached hydrogen (secondary N) is 3. The Morgan fingerprint density at radius 1 is 1.11 bits per heavy atom. The molecule has 1 saturated heterocycles. The third kappa shape index (κ3) is 9.04. The van der Waals surface area contributed by atoms with E-state index in [2.05, 4.69) is 16.0 Å². The van der Waals surface area contributed by atoms with Crippen LogP contribution in [0.15, 0.2) is 11.8 Å². The molecule has 0 aromatic heterocycles. The van der Waals surface area contributed by atoms with E-state index in [4.69, 9.17) is 41.9 Å². The lowest BCUT2D eigenvalue weighted by Gasteiger charge is -2.49. The molecule has 0 radical (unpaired) electrons. The van der Waals surface area contributed by atoms with Crippen molar-refractivity contribution in [3.63, 3.8) is 0 Å². The lowest BCUT2D eigenvalue weighted by molar-refractivity contribution is -0.304. The van der Waals surface area contributed by atoms with Crippen molar-refractivity contribution in [2.45, 2.75) is 112 Å². The van der Waals surface area contributed by atoms with Gasteiger partial charge >= 0.3 is 0 Å². The molecule has 17 heteroatoms. The van der Waals surface area contributed by atoms with Gasteiger partial charge in [-0.3, -0.25) is 4.79 Å². The second-order valence-corrected chi connectivity index (χ2v) is 11.9. The third-order valence-electron chi connectivity index (χ3n) is 8.38. The van der Waals surface area contributed by atoms with Gasteiger partial charge in [0.15, 0.2) is 12.4 Å². The van der Waals surface area contributed by atoms with Gasteiger partial charge in [-0.2, -0.15) is 0 Å². The van der Waals surface area contributed by atoms with E-state index >= 15 is 0 Å². The lowest BCUT2D eigenvalue weighted by atomic mass is 9.83. The number of carbonyl (C=O) groups is 1. The van der Waals surface area contributed by atoms with Gasteiger partial charge in [-0.15, -0.1) is 0 Å². The molecule has 13 atom stereocenters. The van der Waals surface area contributed by atoms with Crippen LogP contribution in [0.5, 0.6) is 0 Å². The van der Waals surface area contributed by atoms with Crippen molar-refractivity contribution in [3.8, 4) is 0 Å². The molecule has 2 fully saturated rings. The minimum absolute atomic E-state index is 0.000457. The Morgan fingerprint density at radius 3 is 2.45 bits per heavy atom. The van der Waals surface area contributed by atoms with Crippen LogP contribution in [0.1, 0.15) is 32.6 Å². The van der Waals surface area contributed by atoms with Crippen molar-refractivity contribution in [2.75, 3.05) is 39.8 Å². The van der Waals surface area contributed by atoms with E-state index in [0.717, 1.165) is 12.8 Å². The average Bonchev–Trinajstić information content (AvgIpc) is 2.99. The van der Waals surface area contributed by atoms with Gasteiger partial charge in [-0.1, -0.05) is 0 Å². The van der Waals surface area contributed by atoms with Crippen molar-refractivity contribution in [3.05, 3.63) is 11.8 Å². The second kappa shape index (κ2) is 16.8. The number of nitrogens with two attached hydrogens (primary N) is 4. The first-order valence-corrected chi connectivity index (χ1v) is 15.2. The monoisotopic (exact) mass is 635 g/mol. The standard InChI is InChI=1S/C27H53N7O10/c1-27(40)12-41-26(20(38)23(27)32-2)44-22-16(34-24(39)18(36)17(35)11-30)9-14(31)21(19(22)37)43-25-15(33-8-4-3-7-28)6-5-13(10-29)42-25/h5,14-23,25-26,32-33,35-38,40H,3-4,6-12,28-31H2,1-2H3,(H,34,39)/t14-,15+,16+,17?,18?,19-,20+,21?,22-,23+,25+,26+,27-/m0/s1. The number of aliphatic hydroxyl groups is 5. The Morgan fingerprint density at radius 2 is 1.82 bits per heavy atom. The van der Waals surface area contributed by atoms with E-state index in [1.165, 1.54) is 6.92 Å². The summed E-state index contributed by atoms with van der Waals surface area (Å²) in [4.78, 5) is 12.8. The van der Waals surface area contributed by atoms with Gasteiger partial charge in [-0.05, 0) is 58.8 Å². The normalized spacial score (nSPS) is 39.2. The van der Waals surface area contributed by atoms with Crippen LogP contribution in [-0.4, -0.2) is 150 Å². The maximum absolute atomic E-state index is 12.8. The summed E-state index contributed by atoms with van der Waals surface area (Å²) in [6, 6.07) is -3.03. The smallest absolute Gasteiger partial charge is 0.251 e. The van der Waals surface area contributed by atoms with Gasteiger partial charge in [0.2, 0.25) is 6.29 Å². The Labute approximate surface area is 257 Å². The zero-order chi connectivity index (χ0) is 32.6. The molecule has 16 N–H and O–H groups in total. The Bertz CT molecular complexity index is 933. The summed E-state index contributed by atoms with van der Waals surface area (Å²) >= 11 is 0. The molecule has 0 spiro atoms. The molecule has 1 amide bonds. The molecule has 0 aromatic carbocycles. The fourth-order valence-corrected chi connectivity index (χ4v) is 5.82. The van der Waals surface area contributed by atoms with Crippen molar-refractivity contribution in [1.29, 1.82) is 0 Å². The molecule has 0 aromatic rings. The van der Waals surface area contributed by atoms with E-state index in [9.17, 15) is 30.3 Å². The molecule has 1 saturated carbocycles. The van der Waals surface area contributed by atoms with Crippen LogP contribution in [0.2, 0.25) is 0 Å². The van der Waals surface area contributed by atoms with E-state index < -0.39 is 78.8 Å². The Balaban J connectivity index is 1.84. The average molecular weight is 636 g/mol. The number of ether oxygens (including phenoxy) is 4. The van der Waals surface area contributed by atoms with Crippen LogP contribution in [0.3, 0.4) is 0 Å². The van der Waals surface area contributed by atoms with E-state index in [0.29, 0.717) is 25.3 Å². The van der Waals surface area contributed by atoms with Crippen LogP contribution < -0.4 is 38.9 Å². The number of unbranched alkanes of at least 4 members (excludes halogenated alkanes) is 1. The number of aliphatic hydroxyl groups excluding tert-OH is 4. The summed E-state index contributed by atoms with van der Waals surface area (Å²) in [7, 11) is 1.56. The minimum Gasteiger partial charge on any atom is -0.467 e. The molecule has 256 valence electrons. The summed E-state index contributed by atoms with van der Waals surface area (Å²) < 4.78 is 24.0. The van der Waals surface area contributed by atoms with Gasteiger partial charge in [0.1, 0.15) is 41.9 Å². The van der Waals surface area contributed by atoms with Crippen LogP contribution in [-0.2, 0) is 23.7 Å². The highest BCUT2D eigenvalue weighted by Gasteiger charge is 2.52. The van der Waals surface area contributed by atoms with Crippen LogP contribution in [0, 0.1) is 0 Å². The maximum atomic E-state index is 12.8. The molecular formula is C27H53N7O10. The van der Waals surface area contributed by atoms with Crippen molar-refractivity contribution in [1.82, 2.24) is 16.0 Å². The molecule has 0 bridgehead atoms. The lowest BCUT2D eigenvalue weighted by Crippen LogP contribution is -2.69. The summed E-state index contributed by atoms with van der Waals surface area (Å²) in [6.45, 7) is 2.28. The number of likely N-dealkylation sites (N-methyl/N-ethyl adjacent to an activating group) is 1. The number of hydrogen-bond acceptors (Lipinski definition) is 16. The molecule has 17 nitrogen and oxygen atoms in total. The van der Waals surface area contributed by atoms with Crippen LogP contribution in [0.25, 0.3) is 0 Å². The summed E-state index contributed by atoms with van der Waals surface area (Å²) in [5.74, 6) is -0.445. The van der Waals surface area contributed by atoms with E-state index in [-0.39, 0.29) is 32.2 Å². The molecule has 2 heterocycles. The summed E-state index contributed by atoms with van der Waals surface area (Å²) in [5.41, 5.74) is 21.9. The van der Waals surface area contributed by atoms with Gasteiger partial charge in [0.25, 0.3) is 5.91 Å². The largest absolute Gasteiger partial charge is 0.467 e. The molecule has 3 rings (SSSR count). The van der Waals surface area contributed by atoms with Gasteiger partial charge in [-0.25, -0.2) is 0 Å². The topological polar surface area (TPSA) is 295 Å². The van der Waals surface area contributed by atoms with Gasteiger partial charge in [0, 0.05) is 12.6 Å². The highest BCUT2D eigenvalue weighted by Crippen LogP contribution is 2.32. The van der Waals surface area contributed by atoms with Crippen molar-refractivity contribution in [2.24, 2.45) is 22.9 Å². The zero-order valence-electron chi connectivity index (χ0n) is 25.5. The predicted molar refractivity (Wildman–Crippen MR) is 157 cm³/mol. The molecule has 44 heavy (non-hydrogen) atoms. The Kier molecular flexibility index (Phi) is 14.1. The van der Waals surface area contributed by atoms with Gasteiger partial charge in [0.05, 0.1) is 31.3 Å². The molecular weight excluding hydrogens is 582 g/mol. The maximum Gasteiger partial charge on any atom is 0.251 e. The Hall–Kier alpha value is -1.55. The summed E-state index contributed by atoms with van der Waals surface area (Å²) in [5, 5.41) is 62.2. The fourth-order valence-electron chi connectivity index (χ4n) is 5.82. The SMILES string of the molecule is CN[C@@H]1[C@@H](O)[C@@H](O[C@H]2[C@H](NC(=O)C(O)C(O)CN)C[C@H](N)C(O[C@H]3OC(CN)=CC[C@H]3NCCCCN)[C@@H]2O)OC[C@]1(C)O. The van der Waals surface area contributed by atoms with E-state index in [1.54, 1.807) is 7.05 Å². The number of rotatable bonds is 15. The van der Waals surface area contributed by atoms with E-state index in [1.807, 2.05) is 6.08 Å². The quantitative estimate of drug-likeness (QED) is 0.0746. The third-order valence-corrected chi connectivity index (χ3v) is 8.38. The van der Waals surface area contributed by atoms with Crippen LogP contribution in [0.4, 0.5) is 0 Å². The molecule has 1 aliphatic carbocycles. The minimum atomic E-state index is -1.86. The highest BCUT2D eigenvalue weighted by molar-refractivity contribution is 5.81. The summed E-state index contributed by atoms with van der Waals surface area (Å²) in [6.07, 6.45) is -6.75. The zero-order valence-corrected chi connectivity index (χ0v) is 25.5. The first-order chi connectivity index (χ1) is 20.9. The molecule has 2 aliphatic heterocycles. The first-order valence-electron chi connectivity index (χ1n) is 15.2. The fraction of sp³-hybridized carbons (Fsp3) is 0.889. The number of hydrogen-bond donors (Lipinski definition) is 12. The second-order valence-electron chi connectivity index (χ2n) is 11.9. The molecule has 3 unspecified atom stereocenters. The molecule has 3 aliphatic rings. The predicted octanol–water partition coefficient (Wildman–Crippen LogP) is -5.64. The number of amides is 1. The van der Waals surface area contributed by atoms with Gasteiger partial charge < -0.3 is 83.4 Å². The van der Waals surface area contributed by atoms with Crippen LogP contribution >= 0.6 is 0 Å². The number of carbonyl (C=O) groups excluding carboxylic acids is 1. The van der Waals surface area contributed by atoms with Crippen molar-refractivity contribution >= 4 is 5.91 Å². The van der Waals surface area contributed by atoms with Crippen molar-refractivity contribution < 1.29 is 49.3 Å². The first kappa shape index (κ1) is 36.9. The highest BCUT2D eigenvalue weighted by atomic mass is 16.7.